The number of hydrogen-bond acceptors (Lipinski definition) is 5. The Balaban J connectivity index is 2.39. The van der Waals surface area contributed by atoms with Crippen LogP contribution >= 0.6 is 11.8 Å². The standard InChI is InChI=1S/C12H12N4OS/c1-8-2-3-10(9(6-8)12(13)16-17)18-11-4-5-14-7-15-11/h2-7,17H,1H3,(H2,13,16). The van der Waals surface area contributed by atoms with Crippen LogP contribution in [-0.2, 0) is 0 Å². The van der Waals surface area contributed by atoms with E-state index in [0.29, 0.717) is 5.56 Å². The van der Waals surface area contributed by atoms with E-state index < -0.39 is 0 Å². The van der Waals surface area contributed by atoms with Crippen LogP contribution in [0.5, 0.6) is 0 Å². The molecule has 18 heavy (non-hydrogen) atoms. The fourth-order valence-corrected chi connectivity index (χ4v) is 2.30. The van der Waals surface area contributed by atoms with Crippen LogP contribution in [-0.4, -0.2) is 21.0 Å². The lowest BCUT2D eigenvalue weighted by Gasteiger charge is -2.08. The Morgan fingerprint density at radius 2 is 2.22 bits per heavy atom. The van der Waals surface area contributed by atoms with Crippen molar-refractivity contribution in [1.29, 1.82) is 0 Å². The minimum absolute atomic E-state index is 0.0928. The summed E-state index contributed by atoms with van der Waals surface area (Å²) in [5, 5.41) is 12.7. The van der Waals surface area contributed by atoms with Crippen LogP contribution in [0.4, 0.5) is 0 Å². The molecule has 0 fully saturated rings. The van der Waals surface area contributed by atoms with Gasteiger partial charge in [0.15, 0.2) is 5.84 Å². The van der Waals surface area contributed by atoms with E-state index in [1.807, 2.05) is 25.1 Å². The monoisotopic (exact) mass is 260 g/mol. The van der Waals surface area contributed by atoms with E-state index >= 15 is 0 Å². The topological polar surface area (TPSA) is 84.4 Å². The predicted molar refractivity (Wildman–Crippen MR) is 69.8 cm³/mol. The van der Waals surface area contributed by atoms with E-state index in [4.69, 9.17) is 10.9 Å². The normalized spacial score (nSPS) is 11.5. The molecule has 0 spiro atoms. The second-order valence-corrected chi connectivity index (χ2v) is 4.70. The van der Waals surface area contributed by atoms with E-state index in [0.717, 1.165) is 15.5 Å². The van der Waals surface area contributed by atoms with Crippen LogP contribution in [0.2, 0.25) is 0 Å². The van der Waals surface area contributed by atoms with Gasteiger partial charge in [0, 0.05) is 16.7 Å². The number of nitrogens with two attached hydrogens (primary N) is 1. The SMILES string of the molecule is Cc1ccc(Sc2ccncn2)c(/C(N)=N/O)c1. The first-order chi connectivity index (χ1) is 8.70. The van der Waals surface area contributed by atoms with Gasteiger partial charge in [-0.15, -0.1) is 0 Å². The third-order valence-corrected chi connectivity index (χ3v) is 3.31. The number of aryl methyl sites for hydroxylation is 1. The van der Waals surface area contributed by atoms with Gasteiger partial charge in [-0.25, -0.2) is 9.97 Å². The van der Waals surface area contributed by atoms with Gasteiger partial charge in [0.2, 0.25) is 0 Å². The largest absolute Gasteiger partial charge is 0.409 e. The van der Waals surface area contributed by atoms with Gasteiger partial charge in [-0.05, 0) is 25.1 Å². The highest BCUT2D eigenvalue weighted by atomic mass is 32.2. The zero-order valence-corrected chi connectivity index (χ0v) is 10.6. The van der Waals surface area contributed by atoms with Crippen molar-refractivity contribution < 1.29 is 5.21 Å². The average molecular weight is 260 g/mol. The van der Waals surface area contributed by atoms with E-state index in [1.54, 1.807) is 12.3 Å². The number of oxime groups is 1. The van der Waals surface area contributed by atoms with E-state index in [9.17, 15) is 0 Å². The van der Waals surface area contributed by atoms with Crippen LogP contribution in [0.25, 0.3) is 0 Å². The number of aromatic nitrogens is 2. The molecule has 0 radical (unpaired) electrons. The van der Waals surface area contributed by atoms with Crippen LogP contribution in [0.1, 0.15) is 11.1 Å². The maximum Gasteiger partial charge on any atom is 0.171 e. The maximum atomic E-state index is 8.80. The molecule has 92 valence electrons. The molecular weight excluding hydrogens is 248 g/mol. The lowest BCUT2D eigenvalue weighted by molar-refractivity contribution is 0.318. The zero-order chi connectivity index (χ0) is 13.0. The van der Waals surface area contributed by atoms with Crippen LogP contribution in [0.3, 0.4) is 0 Å². The third kappa shape index (κ3) is 2.78. The molecule has 2 rings (SSSR count). The maximum absolute atomic E-state index is 8.80. The van der Waals surface area contributed by atoms with Gasteiger partial charge in [0.25, 0.3) is 0 Å². The number of benzene rings is 1. The van der Waals surface area contributed by atoms with Crippen molar-refractivity contribution in [1.82, 2.24) is 9.97 Å². The molecule has 3 N–H and O–H groups in total. The van der Waals surface area contributed by atoms with Crippen molar-refractivity contribution in [2.24, 2.45) is 10.9 Å². The van der Waals surface area contributed by atoms with Gasteiger partial charge in [-0.1, -0.05) is 28.5 Å². The molecule has 0 amide bonds. The van der Waals surface area contributed by atoms with Gasteiger partial charge in [0.05, 0.1) is 0 Å². The average Bonchev–Trinajstić information content (AvgIpc) is 2.41. The van der Waals surface area contributed by atoms with Crippen LogP contribution < -0.4 is 5.73 Å². The molecule has 1 aromatic heterocycles. The lowest BCUT2D eigenvalue weighted by Crippen LogP contribution is -2.14. The summed E-state index contributed by atoms with van der Waals surface area (Å²) in [6.07, 6.45) is 3.16. The first kappa shape index (κ1) is 12.4. The predicted octanol–water partition coefficient (Wildman–Crippen LogP) is 2.03. The third-order valence-electron chi connectivity index (χ3n) is 2.29. The van der Waals surface area contributed by atoms with E-state index in [-0.39, 0.29) is 5.84 Å². The zero-order valence-electron chi connectivity index (χ0n) is 9.74. The number of amidine groups is 1. The molecule has 0 aliphatic heterocycles. The molecular formula is C12H12N4OS. The Morgan fingerprint density at radius 3 is 2.89 bits per heavy atom. The molecule has 5 nitrogen and oxygen atoms in total. The molecule has 1 heterocycles. The van der Waals surface area contributed by atoms with Crippen molar-refractivity contribution >= 4 is 17.6 Å². The van der Waals surface area contributed by atoms with Gasteiger partial charge in [-0.3, -0.25) is 0 Å². The molecule has 6 heteroatoms. The van der Waals surface area contributed by atoms with Gasteiger partial charge < -0.3 is 10.9 Å². The van der Waals surface area contributed by atoms with Crippen molar-refractivity contribution in [3.8, 4) is 0 Å². The molecule has 0 bridgehead atoms. The highest BCUT2D eigenvalue weighted by Crippen LogP contribution is 2.29. The Labute approximate surface area is 109 Å². The summed E-state index contributed by atoms with van der Waals surface area (Å²) in [6, 6.07) is 7.58. The summed E-state index contributed by atoms with van der Waals surface area (Å²) in [5.74, 6) is 0.0928. The van der Waals surface area contributed by atoms with Crippen molar-refractivity contribution in [2.45, 2.75) is 16.8 Å². The summed E-state index contributed by atoms with van der Waals surface area (Å²) in [6.45, 7) is 1.95. The minimum atomic E-state index is 0.0928. The Morgan fingerprint density at radius 1 is 1.39 bits per heavy atom. The fraction of sp³-hybridized carbons (Fsp3) is 0.0833. The van der Waals surface area contributed by atoms with E-state index in [2.05, 4.69) is 15.1 Å². The fourth-order valence-electron chi connectivity index (χ4n) is 1.44. The van der Waals surface area contributed by atoms with Crippen molar-refractivity contribution in [2.75, 3.05) is 0 Å². The summed E-state index contributed by atoms with van der Waals surface area (Å²) in [5.41, 5.74) is 7.41. The summed E-state index contributed by atoms with van der Waals surface area (Å²) < 4.78 is 0. The number of rotatable bonds is 3. The van der Waals surface area contributed by atoms with Gasteiger partial charge in [-0.2, -0.15) is 0 Å². The van der Waals surface area contributed by atoms with Gasteiger partial charge in [0.1, 0.15) is 11.4 Å². The highest BCUT2D eigenvalue weighted by molar-refractivity contribution is 7.99. The Bertz CT molecular complexity index is 572. The Kier molecular flexibility index (Phi) is 3.78. The lowest BCUT2D eigenvalue weighted by atomic mass is 10.1. The summed E-state index contributed by atoms with van der Waals surface area (Å²) in [4.78, 5) is 8.88. The molecule has 0 saturated heterocycles. The molecule has 0 aliphatic rings. The van der Waals surface area contributed by atoms with Gasteiger partial charge >= 0.3 is 0 Å². The number of hydrogen-bond donors (Lipinski definition) is 2. The van der Waals surface area contributed by atoms with Crippen LogP contribution in [0.15, 0.2) is 51.9 Å². The Hall–Kier alpha value is -2.08. The van der Waals surface area contributed by atoms with Crippen LogP contribution in [0, 0.1) is 6.92 Å². The first-order valence-corrected chi connectivity index (χ1v) is 6.05. The molecule has 0 saturated carbocycles. The highest BCUT2D eigenvalue weighted by Gasteiger charge is 2.09. The minimum Gasteiger partial charge on any atom is -0.409 e. The summed E-state index contributed by atoms with van der Waals surface area (Å²) in [7, 11) is 0. The second-order valence-electron chi connectivity index (χ2n) is 3.63. The van der Waals surface area contributed by atoms with E-state index in [1.165, 1.54) is 18.1 Å². The molecule has 0 aliphatic carbocycles. The molecule has 2 aromatic rings. The van der Waals surface area contributed by atoms with Crippen molar-refractivity contribution in [3.63, 3.8) is 0 Å². The first-order valence-electron chi connectivity index (χ1n) is 5.23. The summed E-state index contributed by atoms with van der Waals surface area (Å²) >= 11 is 1.44. The van der Waals surface area contributed by atoms with Crippen molar-refractivity contribution in [3.05, 3.63) is 47.9 Å². The second kappa shape index (κ2) is 5.50. The molecule has 0 unspecified atom stereocenters. The number of nitrogens with zero attached hydrogens (tertiary/aromatic N) is 3. The molecule has 1 aromatic carbocycles. The quantitative estimate of drug-likeness (QED) is 0.290. The molecule has 0 atom stereocenters. The smallest absolute Gasteiger partial charge is 0.171 e.